The van der Waals surface area contributed by atoms with Crippen LogP contribution in [-0.2, 0) is 4.74 Å². The normalized spacial score (nSPS) is 21.3. The Bertz CT molecular complexity index is 678. The minimum absolute atomic E-state index is 0.344. The third-order valence-electron chi connectivity index (χ3n) is 4.82. The molecule has 0 unspecified atom stereocenters. The van der Waals surface area contributed by atoms with Crippen LogP contribution in [0.4, 0.5) is 5.69 Å². The van der Waals surface area contributed by atoms with Gasteiger partial charge in [0.15, 0.2) is 0 Å². The minimum atomic E-state index is -0.344. The molecule has 0 radical (unpaired) electrons. The Morgan fingerprint density at radius 3 is 3.13 bits per heavy atom. The molecule has 1 aliphatic rings. The summed E-state index contributed by atoms with van der Waals surface area (Å²) < 4.78 is 4.92. The van der Waals surface area contributed by atoms with E-state index in [1.54, 1.807) is 6.20 Å². The summed E-state index contributed by atoms with van der Waals surface area (Å²) in [5, 5.41) is 4.57. The largest absolute Gasteiger partial charge is 0.465 e. The van der Waals surface area contributed by atoms with Crippen LogP contribution in [-0.4, -0.2) is 29.1 Å². The second-order valence-corrected chi connectivity index (χ2v) is 6.44. The van der Waals surface area contributed by atoms with Gasteiger partial charge in [-0.25, -0.2) is 9.78 Å². The van der Waals surface area contributed by atoms with E-state index >= 15 is 0 Å². The van der Waals surface area contributed by atoms with Crippen molar-refractivity contribution in [3.8, 4) is 0 Å². The van der Waals surface area contributed by atoms with Crippen LogP contribution in [0.15, 0.2) is 18.5 Å². The first kappa shape index (κ1) is 15.8. The van der Waals surface area contributed by atoms with Gasteiger partial charge in [0.25, 0.3) is 0 Å². The van der Waals surface area contributed by atoms with Crippen molar-refractivity contribution >= 4 is 22.7 Å². The number of hydrogen-bond donors (Lipinski definition) is 2. The lowest BCUT2D eigenvalue weighted by atomic mass is 9.83. The summed E-state index contributed by atoms with van der Waals surface area (Å²) in [6.45, 7) is 2.25. The highest BCUT2D eigenvalue weighted by molar-refractivity contribution is 6.04. The minimum Gasteiger partial charge on any atom is -0.465 e. The van der Waals surface area contributed by atoms with E-state index in [0.29, 0.717) is 11.6 Å². The number of pyridine rings is 1. The van der Waals surface area contributed by atoms with Crippen molar-refractivity contribution in [2.75, 3.05) is 12.4 Å². The average molecular weight is 315 g/mol. The highest BCUT2D eigenvalue weighted by atomic mass is 16.5. The van der Waals surface area contributed by atoms with E-state index in [0.717, 1.165) is 29.1 Å². The fourth-order valence-electron chi connectivity index (χ4n) is 3.72. The highest BCUT2D eigenvalue weighted by Gasteiger charge is 2.24. The van der Waals surface area contributed by atoms with Crippen LogP contribution in [0, 0.1) is 5.92 Å². The van der Waals surface area contributed by atoms with Crippen molar-refractivity contribution in [3.63, 3.8) is 0 Å². The van der Waals surface area contributed by atoms with E-state index in [1.165, 1.54) is 39.2 Å². The van der Waals surface area contributed by atoms with Gasteiger partial charge in [-0.3, -0.25) is 0 Å². The Morgan fingerprint density at radius 1 is 1.48 bits per heavy atom. The van der Waals surface area contributed by atoms with Gasteiger partial charge in [-0.15, -0.1) is 0 Å². The number of methoxy groups -OCH3 is 1. The van der Waals surface area contributed by atoms with E-state index in [4.69, 9.17) is 4.74 Å². The molecule has 0 bridgehead atoms. The van der Waals surface area contributed by atoms with Crippen LogP contribution in [0.2, 0.25) is 0 Å². The van der Waals surface area contributed by atoms with Gasteiger partial charge in [-0.1, -0.05) is 32.6 Å². The van der Waals surface area contributed by atoms with Gasteiger partial charge in [0, 0.05) is 23.8 Å². The van der Waals surface area contributed by atoms with Gasteiger partial charge in [-0.05, 0) is 24.8 Å². The van der Waals surface area contributed by atoms with Gasteiger partial charge in [-0.2, -0.15) is 0 Å². The lowest BCUT2D eigenvalue weighted by Gasteiger charge is -2.31. The number of rotatable bonds is 5. The van der Waals surface area contributed by atoms with Crippen LogP contribution in [0.25, 0.3) is 11.0 Å². The van der Waals surface area contributed by atoms with Crippen molar-refractivity contribution < 1.29 is 9.53 Å². The predicted molar refractivity (Wildman–Crippen MR) is 91.7 cm³/mol. The van der Waals surface area contributed by atoms with Gasteiger partial charge in [0.2, 0.25) is 0 Å². The van der Waals surface area contributed by atoms with E-state index in [-0.39, 0.29) is 5.97 Å². The number of carbonyl (C=O) groups excluding carboxylic acids is 1. The Labute approximate surface area is 136 Å². The number of ether oxygens (including phenoxy) is 1. The number of nitrogens with zero attached hydrogens (tertiary/aromatic N) is 1. The molecule has 0 aliphatic heterocycles. The molecule has 1 saturated carbocycles. The Kier molecular flexibility index (Phi) is 4.84. The first-order chi connectivity index (χ1) is 11.2. The van der Waals surface area contributed by atoms with Gasteiger partial charge < -0.3 is 15.0 Å². The van der Waals surface area contributed by atoms with Crippen molar-refractivity contribution in [2.24, 2.45) is 5.92 Å². The molecule has 5 nitrogen and oxygen atoms in total. The summed E-state index contributed by atoms with van der Waals surface area (Å²) in [5.74, 6) is 0.445. The summed E-state index contributed by atoms with van der Waals surface area (Å²) in [4.78, 5) is 19.5. The summed E-state index contributed by atoms with van der Waals surface area (Å²) in [5.41, 5.74) is 2.16. The molecule has 1 aliphatic carbocycles. The zero-order chi connectivity index (χ0) is 16.2. The third-order valence-corrected chi connectivity index (χ3v) is 4.82. The molecular weight excluding hydrogens is 290 g/mol. The molecule has 5 heteroatoms. The predicted octanol–water partition coefficient (Wildman–Crippen LogP) is 4.12. The molecule has 23 heavy (non-hydrogen) atoms. The maximum Gasteiger partial charge on any atom is 0.341 e. The van der Waals surface area contributed by atoms with Crippen molar-refractivity contribution in [3.05, 3.63) is 24.0 Å². The van der Waals surface area contributed by atoms with E-state index in [9.17, 15) is 4.79 Å². The Hall–Kier alpha value is -2.04. The molecule has 2 atom stereocenters. The molecule has 0 spiro atoms. The molecule has 124 valence electrons. The van der Waals surface area contributed by atoms with E-state index in [2.05, 4.69) is 22.2 Å². The average Bonchev–Trinajstić information content (AvgIpc) is 3.04. The molecule has 0 amide bonds. The maximum absolute atomic E-state index is 12.1. The quantitative estimate of drug-likeness (QED) is 0.814. The SMILES string of the molecule is CCC[C@H]1CCC[C@H](Nc2c(C(=O)OC)cnc3[nH]ccc23)C1. The number of H-pyrrole nitrogens is 1. The van der Waals surface area contributed by atoms with Gasteiger partial charge in [0.05, 0.1) is 12.8 Å². The monoisotopic (exact) mass is 315 g/mol. The van der Waals surface area contributed by atoms with Crippen molar-refractivity contribution in [2.45, 2.75) is 51.5 Å². The second kappa shape index (κ2) is 7.02. The number of nitrogens with one attached hydrogen (secondary N) is 2. The van der Waals surface area contributed by atoms with E-state index < -0.39 is 0 Å². The van der Waals surface area contributed by atoms with Crippen molar-refractivity contribution in [1.82, 2.24) is 9.97 Å². The summed E-state index contributed by atoms with van der Waals surface area (Å²) in [6.07, 6.45) is 10.9. The molecule has 1 fully saturated rings. The van der Waals surface area contributed by atoms with Crippen LogP contribution in [0.5, 0.6) is 0 Å². The summed E-state index contributed by atoms with van der Waals surface area (Å²) in [6, 6.07) is 2.37. The number of aromatic nitrogens is 2. The number of aromatic amines is 1. The zero-order valence-corrected chi connectivity index (χ0v) is 13.9. The van der Waals surface area contributed by atoms with Crippen LogP contribution in [0.3, 0.4) is 0 Å². The fraction of sp³-hybridized carbons (Fsp3) is 0.556. The van der Waals surface area contributed by atoms with Crippen LogP contribution >= 0.6 is 0 Å². The molecule has 3 rings (SSSR count). The molecule has 0 saturated heterocycles. The lowest BCUT2D eigenvalue weighted by Crippen LogP contribution is -2.28. The topological polar surface area (TPSA) is 67.0 Å². The standard InChI is InChI=1S/C18H25N3O2/c1-3-5-12-6-4-7-13(10-12)21-16-14-8-9-19-17(14)20-11-15(16)18(22)23-2/h8-9,11-13H,3-7,10H2,1-2H3,(H2,19,20,21)/t12-,13-/m0/s1. The Balaban J connectivity index is 1.88. The fourth-order valence-corrected chi connectivity index (χ4v) is 3.72. The molecule has 2 heterocycles. The lowest BCUT2D eigenvalue weighted by molar-refractivity contribution is 0.0601. The number of hydrogen-bond acceptors (Lipinski definition) is 4. The molecular formula is C18H25N3O2. The van der Waals surface area contributed by atoms with Crippen LogP contribution in [0.1, 0.15) is 55.8 Å². The summed E-state index contributed by atoms with van der Waals surface area (Å²) in [7, 11) is 1.41. The van der Waals surface area contributed by atoms with E-state index in [1.807, 2.05) is 12.3 Å². The summed E-state index contributed by atoms with van der Waals surface area (Å²) >= 11 is 0. The first-order valence-corrected chi connectivity index (χ1v) is 8.53. The third kappa shape index (κ3) is 3.33. The molecule has 2 aromatic heterocycles. The number of esters is 1. The smallest absolute Gasteiger partial charge is 0.341 e. The second-order valence-electron chi connectivity index (χ2n) is 6.44. The number of carbonyl (C=O) groups is 1. The first-order valence-electron chi connectivity index (χ1n) is 8.53. The maximum atomic E-state index is 12.1. The molecule has 2 N–H and O–H groups in total. The molecule has 2 aromatic rings. The Morgan fingerprint density at radius 2 is 2.35 bits per heavy atom. The van der Waals surface area contributed by atoms with Gasteiger partial charge in [0.1, 0.15) is 11.2 Å². The zero-order valence-electron chi connectivity index (χ0n) is 13.9. The van der Waals surface area contributed by atoms with Gasteiger partial charge >= 0.3 is 5.97 Å². The molecule has 0 aromatic carbocycles. The number of anilines is 1. The number of fused-ring (bicyclic) bond motifs is 1. The van der Waals surface area contributed by atoms with Crippen LogP contribution < -0.4 is 5.32 Å². The highest BCUT2D eigenvalue weighted by Crippen LogP contribution is 2.33. The van der Waals surface area contributed by atoms with Crippen molar-refractivity contribution in [1.29, 1.82) is 0 Å².